The molecule has 31 heavy (non-hydrogen) atoms. The first-order valence-electron chi connectivity index (χ1n) is 11.1. The molecule has 2 N–H and O–H groups in total. The van der Waals surface area contributed by atoms with Crippen LogP contribution in [0.25, 0.3) is 0 Å². The Morgan fingerprint density at radius 3 is 2.77 bits per heavy atom. The molecule has 0 spiro atoms. The summed E-state index contributed by atoms with van der Waals surface area (Å²) in [6.07, 6.45) is 8.27. The summed E-state index contributed by atoms with van der Waals surface area (Å²) in [7, 11) is 3.58. The second kappa shape index (κ2) is 12.5. The molecule has 0 bridgehead atoms. The van der Waals surface area contributed by atoms with E-state index in [0.717, 1.165) is 23.4 Å². The summed E-state index contributed by atoms with van der Waals surface area (Å²) in [5.74, 6) is 0.731. The van der Waals surface area contributed by atoms with E-state index in [1.165, 1.54) is 0 Å². The normalized spacial score (nSPS) is 25.2. The van der Waals surface area contributed by atoms with Crippen LogP contribution >= 0.6 is 11.3 Å². The molecule has 0 aromatic carbocycles. The molecule has 0 saturated heterocycles. The zero-order valence-corrected chi connectivity index (χ0v) is 20.4. The van der Waals surface area contributed by atoms with Crippen molar-refractivity contribution in [2.24, 2.45) is 23.5 Å². The summed E-state index contributed by atoms with van der Waals surface area (Å²) in [4.78, 5) is 19.2. The fourth-order valence-corrected chi connectivity index (χ4v) is 4.91. The van der Waals surface area contributed by atoms with Gasteiger partial charge in [0.15, 0.2) is 0 Å². The second-order valence-corrected chi connectivity index (χ2v) is 9.50. The Kier molecular flexibility index (Phi) is 10.4. The molecule has 6 atom stereocenters. The van der Waals surface area contributed by atoms with Crippen molar-refractivity contribution in [3.05, 3.63) is 40.9 Å². The maximum Gasteiger partial charge on any atom is 0.228 e. The van der Waals surface area contributed by atoms with Crippen LogP contribution in [0.1, 0.15) is 51.1 Å². The minimum absolute atomic E-state index is 0.0268. The van der Waals surface area contributed by atoms with Crippen LogP contribution in [0.4, 0.5) is 0 Å². The van der Waals surface area contributed by atoms with E-state index < -0.39 is 0 Å². The highest BCUT2D eigenvalue weighted by atomic mass is 32.1. The van der Waals surface area contributed by atoms with Crippen molar-refractivity contribution in [2.45, 2.75) is 58.3 Å². The van der Waals surface area contributed by atoms with Crippen LogP contribution in [0.5, 0.6) is 0 Å². The largest absolute Gasteiger partial charge is 0.380 e. The highest BCUT2D eigenvalue weighted by Gasteiger charge is 2.51. The molecule has 6 nitrogen and oxygen atoms in total. The number of carbonyl (C=O) groups excluding carboxylic acids is 1. The summed E-state index contributed by atoms with van der Waals surface area (Å²) in [5.41, 5.74) is 7.12. The summed E-state index contributed by atoms with van der Waals surface area (Å²) in [5, 5.41) is 2.90. The molecule has 1 amide bonds. The Bertz CT molecular complexity index is 722. The zero-order chi connectivity index (χ0) is 23.0. The predicted molar refractivity (Wildman–Crippen MR) is 127 cm³/mol. The first-order valence-corrected chi connectivity index (χ1v) is 12.0. The lowest BCUT2D eigenvalue weighted by Crippen LogP contribution is -2.57. The minimum Gasteiger partial charge on any atom is -0.380 e. The van der Waals surface area contributed by atoms with E-state index in [4.69, 9.17) is 15.2 Å². The molecule has 4 unspecified atom stereocenters. The Labute approximate surface area is 191 Å². The van der Waals surface area contributed by atoms with Crippen molar-refractivity contribution in [1.82, 2.24) is 9.88 Å². The molecule has 1 aliphatic rings. The van der Waals surface area contributed by atoms with E-state index in [-0.39, 0.29) is 30.1 Å². The highest BCUT2D eigenvalue weighted by molar-refractivity contribution is 7.09. The number of aromatic nitrogens is 1. The van der Waals surface area contributed by atoms with E-state index >= 15 is 0 Å². The molecule has 0 aliphatic heterocycles. The monoisotopic (exact) mass is 449 g/mol. The summed E-state index contributed by atoms with van der Waals surface area (Å²) in [6.45, 7) is 11.4. The number of hydrogen-bond acceptors (Lipinski definition) is 6. The Morgan fingerprint density at radius 2 is 2.19 bits per heavy atom. The van der Waals surface area contributed by atoms with Gasteiger partial charge in [0.1, 0.15) is 11.1 Å². The number of hydrogen-bond donors (Lipinski definition) is 1. The van der Waals surface area contributed by atoms with Gasteiger partial charge in [0, 0.05) is 50.8 Å². The van der Waals surface area contributed by atoms with E-state index in [1.54, 1.807) is 24.6 Å². The van der Waals surface area contributed by atoms with Crippen LogP contribution in [0.2, 0.25) is 0 Å². The molecular weight excluding hydrogens is 410 g/mol. The van der Waals surface area contributed by atoms with Crippen LogP contribution in [0.15, 0.2) is 35.9 Å². The summed E-state index contributed by atoms with van der Waals surface area (Å²) >= 11 is 1.58. The van der Waals surface area contributed by atoms with Gasteiger partial charge in [-0.2, -0.15) is 0 Å². The van der Waals surface area contributed by atoms with Gasteiger partial charge in [0.2, 0.25) is 5.91 Å². The van der Waals surface area contributed by atoms with Crippen molar-refractivity contribution < 1.29 is 14.3 Å². The van der Waals surface area contributed by atoms with Crippen LogP contribution < -0.4 is 5.73 Å². The SMILES string of the molecule is C=C(C)[C@H](N)C[C@@H](OCCCCN(C)C(=O)C1C(C)C(/C=C\C)C1OC)c1nccs1. The van der Waals surface area contributed by atoms with Gasteiger partial charge in [-0.1, -0.05) is 31.2 Å². The van der Waals surface area contributed by atoms with Gasteiger partial charge >= 0.3 is 0 Å². The maximum absolute atomic E-state index is 12.9. The summed E-state index contributed by atoms with van der Waals surface area (Å²) in [6, 6.07) is -0.109. The topological polar surface area (TPSA) is 77.7 Å². The standard InChI is InChI=1S/C24H39N3O3S/c1-7-10-18-17(4)21(22(18)29-6)24(28)27(5)12-8-9-13-30-20(15-19(25)16(2)3)23-26-11-14-31-23/h7,10-11,14,17-22H,2,8-9,12-13,15,25H2,1,3-6H3/b10-7-/t17?,18?,19-,20-,21?,22?/m1/s1. The van der Waals surface area contributed by atoms with Gasteiger partial charge < -0.3 is 20.1 Å². The highest BCUT2D eigenvalue weighted by Crippen LogP contribution is 2.44. The van der Waals surface area contributed by atoms with Gasteiger partial charge in [0.05, 0.1) is 12.0 Å². The molecule has 2 rings (SSSR count). The van der Waals surface area contributed by atoms with Crippen molar-refractivity contribution >= 4 is 17.2 Å². The zero-order valence-electron chi connectivity index (χ0n) is 19.6. The van der Waals surface area contributed by atoms with Crippen LogP contribution in [0, 0.1) is 17.8 Å². The average molecular weight is 450 g/mol. The fourth-order valence-electron chi connectivity index (χ4n) is 4.21. The lowest BCUT2D eigenvalue weighted by atomic mass is 9.62. The van der Waals surface area contributed by atoms with Crippen LogP contribution in [-0.2, 0) is 14.3 Å². The van der Waals surface area contributed by atoms with E-state index in [9.17, 15) is 4.79 Å². The number of rotatable bonds is 13. The van der Waals surface area contributed by atoms with Crippen molar-refractivity contribution in [1.29, 1.82) is 0 Å². The molecule has 0 radical (unpaired) electrons. The maximum atomic E-state index is 12.9. The average Bonchev–Trinajstić information content (AvgIpc) is 3.28. The number of carbonyl (C=O) groups is 1. The number of allylic oxidation sites excluding steroid dienone is 1. The van der Waals surface area contributed by atoms with Gasteiger partial charge in [-0.25, -0.2) is 4.98 Å². The number of nitrogens with zero attached hydrogens (tertiary/aromatic N) is 2. The number of nitrogens with two attached hydrogens (primary N) is 1. The first kappa shape index (κ1) is 25.7. The quantitative estimate of drug-likeness (QED) is 0.361. The smallest absolute Gasteiger partial charge is 0.228 e. The second-order valence-electron chi connectivity index (χ2n) is 8.57. The number of amides is 1. The predicted octanol–water partition coefficient (Wildman–Crippen LogP) is 4.21. The molecule has 1 saturated carbocycles. The molecule has 1 aromatic heterocycles. The molecule has 1 aromatic rings. The van der Waals surface area contributed by atoms with Crippen molar-refractivity contribution in [3.8, 4) is 0 Å². The number of methoxy groups -OCH3 is 1. The number of thiazole rings is 1. The molecule has 174 valence electrons. The lowest BCUT2D eigenvalue weighted by Gasteiger charge is -2.48. The molecule has 7 heteroatoms. The lowest BCUT2D eigenvalue weighted by molar-refractivity contribution is -0.160. The van der Waals surface area contributed by atoms with Gasteiger partial charge in [-0.3, -0.25) is 4.79 Å². The molecular formula is C24H39N3O3S. The van der Waals surface area contributed by atoms with E-state index in [0.29, 0.717) is 31.4 Å². The Hall–Kier alpha value is -1.54. The van der Waals surface area contributed by atoms with E-state index in [2.05, 4.69) is 24.6 Å². The third kappa shape index (κ3) is 6.72. The van der Waals surface area contributed by atoms with Crippen LogP contribution in [0.3, 0.4) is 0 Å². The van der Waals surface area contributed by atoms with Gasteiger partial charge in [0.25, 0.3) is 0 Å². The third-order valence-electron chi connectivity index (χ3n) is 6.29. The van der Waals surface area contributed by atoms with Crippen LogP contribution in [-0.4, -0.2) is 55.2 Å². The fraction of sp³-hybridized carbons (Fsp3) is 0.667. The van der Waals surface area contributed by atoms with E-state index in [1.807, 2.05) is 37.3 Å². The number of unbranched alkanes of at least 4 members (excludes halogenated alkanes) is 1. The minimum atomic E-state index is -0.118. The number of ether oxygens (including phenoxy) is 2. The van der Waals surface area contributed by atoms with Gasteiger partial charge in [-0.15, -0.1) is 11.3 Å². The third-order valence-corrected chi connectivity index (χ3v) is 7.16. The van der Waals surface area contributed by atoms with Crippen molar-refractivity contribution in [3.63, 3.8) is 0 Å². The Morgan fingerprint density at radius 1 is 1.45 bits per heavy atom. The Balaban J connectivity index is 1.77. The molecule has 1 fully saturated rings. The van der Waals surface area contributed by atoms with Crippen molar-refractivity contribution in [2.75, 3.05) is 27.3 Å². The molecule has 1 heterocycles. The summed E-state index contributed by atoms with van der Waals surface area (Å²) < 4.78 is 11.7. The van der Waals surface area contributed by atoms with Gasteiger partial charge in [-0.05, 0) is 39.0 Å². The first-order chi connectivity index (χ1) is 14.8. The molecule has 1 aliphatic carbocycles.